The second-order valence-electron chi connectivity index (χ2n) is 4.50. The Hall–Kier alpha value is -1.23. The number of hydrogen-bond acceptors (Lipinski definition) is 2. The van der Waals surface area contributed by atoms with E-state index in [1.807, 2.05) is 20.8 Å². The third-order valence-corrected chi connectivity index (χ3v) is 3.92. The van der Waals surface area contributed by atoms with Gasteiger partial charge in [-0.15, -0.1) is 0 Å². The molecule has 2 nitrogen and oxygen atoms in total. The van der Waals surface area contributed by atoms with Crippen molar-refractivity contribution in [3.05, 3.63) is 33.4 Å². The van der Waals surface area contributed by atoms with E-state index in [0.29, 0.717) is 5.39 Å². The molecular formula is C14H15BrF2N2. The molecule has 2 rings (SSSR count). The number of nitrogens with one attached hydrogen (secondary N) is 1. The third-order valence-electron chi connectivity index (χ3n) is 3.14. The lowest BCUT2D eigenvalue weighted by molar-refractivity contribution is 0.586. The summed E-state index contributed by atoms with van der Waals surface area (Å²) in [5, 5.41) is 3.71. The van der Waals surface area contributed by atoms with Crippen LogP contribution < -0.4 is 5.32 Å². The van der Waals surface area contributed by atoms with Gasteiger partial charge in [0, 0.05) is 29.4 Å². The van der Waals surface area contributed by atoms with Gasteiger partial charge >= 0.3 is 0 Å². The number of aromatic nitrogens is 1. The Labute approximate surface area is 119 Å². The van der Waals surface area contributed by atoms with Crippen molar-refractivity contribution in [2.45, 2.75) is 27.2 Å². The maximum Gasteiger partial charge on any atom is 0.152 e. The molecule has 102 valence electrons. The Morgan fingerprint density at radius 2 is 1.95 bits per heavy atom. The van der Waals surface area contributed by atoms with Gasteiger partial charge in [-0.25, -0.2) is 13.8 Å². The molecule has 0 saturated heterocycles. The van der Waals surface area contributed by atoms with Crippen LogP contribution in [0.2, 0.25) is 0 Å². The highest BCUT2D eigenvalue weighted by atomic mass is 79.9. The molecule has 0 spiro atoms. The normalized spacial score (nSPS) is 11.1. The Morgan fingerprint density at radius 3 is 2.58 bits per heavy atom. The number of fused-ring (bicyclic) bond motifs is 1. The summed E-state index contributed by atoms with van der Waals surface area (Å²) < 4.78 is 27.8. The fourth-order valence-corrected chi connectivity index (χ4v) is 2.51. The number of anilines is 1. The van der Waals surface area contributed by atoms with Crippen molar-refractivity contribution in [1.82, 2.24) is 4.98 Å². The summed E-state index contributed by atoms with van der Waals surface area (Å²) in [5.74, 6) is -1.26. The van der Waals surface area contributed by atoms with Crippen molar-refractivity contribution in [3.8, 4) is 0 Å². The van der Waals surface area contributed by atoms with Gasteiger partial charge in [0.05, 0.1) is 4.47 Å². The van der Waals surface area contributed by atoms with Crippen LogP contribution in [-0.4, -0.2) is 11.5 Å². The van der Waals surface area contributed by atoms with Gasteiger partial charge in [-0.2, -0.15) is 0 Å². The molecule has 1 aromatic carbocycles. The van der Waals surface area contributed by atoms with E-state index in [1.165, 1.54) is 0 Å². The molecule has 2 aromatic rings. The Kier molecular flexibility index (Phi) is 4.04. The van der Waals surface area contributed by atoms with E-state index in [2.05, 4.69) is 26.2 Å². The topological polar surface area (TPSA) is 24.9 Å². The zero-order valence-electron chi connectivity index (χ0n) is 11.1. The van der Waals surface area contributed by atoms with E-state index >= 15 is 0 Å². The average molecular weight is 329 g/mol. The smallest absolute Gasteiger partial charge is 0.152 e. The van der Waals surface area contributed by atoms with Crippen LogP contribution in [0.4, 0.5) is 14.5 Å². The second kappa shape index (κ2) is 5.41. The summed E-state index contributed by atoms with van der Waals surface area (Å²) in [7, 11) is 0. The van der Waals surface area contributed by atoms with Crippen LogP contribution in [0.3, 0.4) is 0 Å². The molecule has 19 heavy (non-hydrogen) atoms. The monoisotopic (exact) mass is 328 g/mol. The molecule has 0 bridgehead atoms. The summed E-state index contributed by atoms with van der Waals surface area (Å²) in [6.07, 6.45) is 0.928. The van der Waals surface area contributed by atoms with E-state index in [9.17, 15) is 8.78 Å². The molecule has 0 unspecified atom stereocenters. The van der Waals surface area contributed by atoms with Gasteiger partial charge < -0.3 is 5.32 Å². The molecule has 0 aliphatic carbocycles. The lowest BCUT2D eigenvalue weighted by atomic mass is 10.1. The SMILES string of the molecule is CCCNc1c(C)c(C)nc2c(F)cc(F)c(Br)c12. The van der Waals surface area contributed by atoms with Gasteiger partial charge in [-0.1, -0.05) is 6.92 Å². The van der Waals surface area contributed by atoms with E-state index in [4.69, 9.17) is 0 Å². The average Bonchev–Trinajstić information content (AvgIpc) is 2.37. The number of aryl methyl sites for hydroxylation is 1. The van der Waals surface area contributed by atoms with Gasteiger partial charge in [-0.3, -0.25) is 0 Å². The zero-order valence-corrected chi connectivity index (χ0v) is 12.7. The minimum absolute atomic E-state index is 0.190. The van der Waals surface area contributed by atoms with Gasteiger partial charge in [0.1, 0.15) is 11.3 Å². The van der Waals surface area contributed by atoms with Crippen molar-refractivity contribution in [1.29, 1.82) is 0 Å². The highest BCUT2D eigenvalue weighted by Crippen LogP contribution is 2.36. The van der Waals surface area contributed by atoms with E-state index in [0.717, 1.165) is 36.0 Å². The molecule has 0 amide bonds. The minimum Gasteiger partial charge on any atom is -0.384 e. The fourth-order valence-electron chi connectivity index (χ4n) is 2.01. The number of nitrogens with zero attached hydrogens (tertiary/aromatic N) is 1. The van der Waals surface area contributed by atoms with Crippen LogP contribution in [0.1, 0.15) is 24.6 Å². The third kappa shape index (κ3) is 2.43. The maximum absolute atomic E-state index is 13.9. The molecule has 0 aliphatic rings. The number of rotatable bonds is 3. The zero-order chi connectivity index (χ0) is 14.2. The van der Waals surface area contributed by atoms with Gasteiger partial charge in [0.25, 0.3) is 0 Å². The lowest BCUT2D eigenvalue weighted by Gasteiger charge is -2.16. The first-order valence-electron chi connectivity index (χ1n) is 6.15. The summed E-state index contributed by atoms with van der Waals surface area (Å²) in [6, 6.07) is 0.859. The van der Waals surface area contributed by atoms with Gasteiger partial charge in [-0.05, 0) is 41.8 Å². The van der Waals surface area contributed by atoms with Crippen LogP contribution in [0, 0.1) is 25.5 Å². The highest BCUT2D eigenvalue weighted by molar-refractivity contribution is 9.10. The number of hydrogen-bond donors (Lipinski definition) is 1. The first-order valence-corrected chi connectivity index (χ1v) is 6.95. The predicted octanol–water partition coefficient (Wildman–Crippen LogP) is 4.71. The van der Waals surface area contributed by atoms with Crippen molar-refractivity contribution < 1.29 is 8.78 Å². The fraction of sp³-hybridized carbons (Fsp3) is 0.357. The molecule has 5 heteroatoms. The Bertz CT molecular complexity index is 641. The van der Waals surface area contributed by atoms with Crippen molar-refractivity contribution in [2.75, 3.05) is 11.9 Å². The van der Waals surface area contributed by atoms with Crippen LogP contribution in [0.5, 0.6) is 0 Å². The molecule has 1 N–H and O–H groups in total. The molecule has 1 heterocycles. The van der Waals surface area contributed by atoms with Crippen LogP contribution in [0.15, 0.2) is 10.5 Å². The van der Waals surface area contributed by atoms with E-state index in [1.54, 1.807) is 0 Å². The molecule has 0 aliphatic heterocycles. The largest absolute Gasteiger partial charge is 0.384 e. The number of benzene rings is 1. The molecule has 1 aromatic heterocycles. The quantitative estimate of drug-likeness (QED) is 0.825. The molecule has 0 saturated carbocycles. The Morgan fingerprint density at radius 1 is 1.26 bits per heavy atom. The highest BCUT2D eigenvalue weighted by Gasteiger charge is 2.18. The summed E-state index contributed by atoms with van der Waals surface area (Å²) >= 11 is 3.19. The van der Waals surface area contributed by atoms with Gasteiger partial charge in [0.2, 0.25) is 0 Å². The van der Waals surface area contributed by atoms with E-state index < -0.39 is 11.6 Å². The first kappa shape index (κ1) is 14.2. The summed E-state index contributed by atoms with van der Waals surface area (Å²) in [5.41, 5.74) is 2.58. The molecular weight excluding hydrogens is 314 g/mol. The molecule has 0 atom stereocenters. The molecule has 0 fully saturated rings. The Balaban J connectivity index is 2.85. The van der Waals surface area contributed by atoms with E-state index in [-0.39, 0.29) is 9.99 Å². The van der Waals surface area contributed by atoms with Crippen molar-refractivity contribution in [2.24, 2.45) is 0 Å². The van der Waals surface area contributed by atoms with Gasteiger partial charge in [0.15, 0.2) is 5.82 Å². The summed E-state index contributed by atoms with van der Waals surface area (Å²) in [6.45, 7) is 6.50. The van der Waals surface area contributed by atoms with Crippen LogP contribution >= 0.6 is 15.9 Å². The lowest BCUT2D eigenvalue weighted by Crippen LogP contribution is -2.06. The standard InChI is InChI=1S/C14H15BrF2N2/c1-4-5-18-13-7(2)8(3)19-14-10(17)6-9(16)12(15)11(13)14/h6H,4-5H2,1-3H3,(H,18,19). The van der Waals surface area contributed by atoms with Crippen LogP contribution in [0.25, 0.3) is 10.9 Å². The van der Waals surface area contributed by atoms with Crippen molar-refractivity contribution >= 4 is 32.5 Å². The predicted molar refractivity (Wildman–Crippen MR) is 77.6 cm³/mol. The number of pyridine rings is 1. The molecule has 0 radical (unpaired) electrons. The second-order valence-corrected chi connectivity index (χ2v) is 5.29. The van der Waals surface area contributed by atoms with Crippen molar-refractivity contribution in [3.63, 3.8) is 0 Å². The first-order chi connectivity index (χ1) is 8.97. The minimum atomic E-state index is -0.640. The van der Waals surface area contributed by atoms with Crippen LogP contribution in [-0.2, 0) is 0 Å². The summed E-state index contributed by atoms with van der Waals surface area (Å²) in [4.78, 5) is 4.23. The number of halogens is 3. The maximum atomic E-state index is 13.9.